The number of carbonyl (C=O) groups excluding carboxylic acids is 1. The molecule has 10 heteroatoms. The monoisotopic (exact) mass is 429 g/mol. The van der Waals surface area contributed by atoms with Gasteiger partial charge in [-0.3, -0.25) is 9.59 Å². The van der Waals surface area contributed by atoms with E-state index in [4.69, 9.17) is 26.2 Å². The van der Waals surface area contributed by atoms with Gasteiger partial charge in [0.15, 0.2) is 0 Å². The number of ether oxygens (including phenoxy) is 2. The van der Waals surface area contributed by atoms with Gasteiger partial charge in [-0.25, -0.2) is 0 Å². The Morgan fingerprint density at radius 3 is 2.62 bits per heavy atom. The van der Waals surface area contributed by atoms with Crippen LogP contribution in [0, 0.1) is 0 Å². The molecule has 1 aliphatic rings. The molecule has 0 saturated heterocycles. The van der Waals surface area contributed by atoms with E-state index in [0.717, 1.165) is 13.2 Å². The zero-order chi connectivity index (χ0) is 21.3. The lowest BCUT2D eigenvalue weighted by molar-refractivity contribution is -0.146. The normalized spacial score (nSPS) is 19.1. The summed E-state index contributed by atoms with van der Waals surface area (Å²) < 4.78 is 51.1. The molecule has 154 valence electrons. The quantitative estimate of drug-likeness (QED) is 0.758. The van der Waals surface area contributed by atoms with E-state index in [9.17, 15) is 22.8 Å². The molecule has 0 fully saturated rings. The van der Waals surface area contributed by atoms with E-state index in [2.05, 4.69) is 5.32 Å². The van der Waals surface area contributed by atoms with Crippen molar-refractivity contribution in [1.29, 1.82) is 0 Å². The van der Waals surface area contributed by atoms with Crippen LogP contribution < -0.4 is 10.1 Å². The number of alkyl halides is 3. The Hall–Kier alpha value is -2.78. The van der Waals surface area contributed by atoms with Crippen LogP contribution in [0.25, 0.3) is 0 Å². The molecule has 2 unspecified atom stereocenters. The van der Waals surface area contributed by atoms with Crippen LogP contribution in [0.2, 0.25) is 5.02 Å². The van der Waals surface area contributed by atoms with Crippen molar-refractivity contribution in [3.63, 3.8) is 0 Å². The van der Waals surface area contributed by atoms with Crippen molar-refractivity contribution < 1.29 is 37.3 Å². The van der Waals surface area contributed by atoms with Crippen LogP contribution in [0.3, 0.4) is 0 Å². The molecule has 0 bridgehead atoms. The topological polar surface area (TPSA) is 84.9 Å². The lowest BCUT2D eigenvalue weighted by Gasteiger charge is -2.24. The van der Waals surface area contributed by atoms with Gasteiger partial charge in [-0.1, -0.05) is 23.7 Å². The molecule has 0 aromatic heterocycles. The molecule has 0 spiro atoms. The maximum Gasteiger partial charge on any atom is 0.419 e. The van der Waals surface area contributed by atoms with Crippen molar-refractivity contribution in [1.82, 2.24) is 0 Å². The van der Waals surface area contributed by atoms with E-state index in [1.54, 1.807) is 0 Å². The molecule has 0 aliphatic carbocycles. The number of nitrogens with one attached hydrogen (secondary N) is 1. The summed E-state index contributed by atoms with van der Waals surface area (Å²) in [6, 6.07) is 7.78. The Labute approximate surface area is 168 Å². The van der Waals surface area contributed by atoms with Crippen LogP contribution in [0.1, 0.15) is 29.2 Å². The third kappa shape index (κ3) is 4.30. The number of halogens is 4. The van der Waals surface area contributed by atoms with Gasteiger partial charge in [-0.05, 0) is 24.3 Å². The number of rotatable bonds is 4. The van der Waals surface area contributed by atoms with Crippen molar-refractivity contribution >= 4 is 29.2 Å². The Bertz CT molecular complexity index is 963. The van der Waals surface area contributed by atoms with Gasteiger partial charge in [0.1, 0.15) is 18.0 Å². The predicted molar refractivity (Wildman–Crippen MR) is 97.0 cm³/mol. The van der Waals surface area contributed by atoms with Gasteiger partial charge >= 0.3 is 12.1 Å². The first-order valence-corrected chi connectivity index (χ1v) is 8.71. The second kappa shape index (κ2) is 7.92. The molecule has 3 rings (SSSR count). The second-order valence-corrected chi connectivity index (χ2v) is 6.69. The highest BCUT2D eigenvalue weighted by molar-refractivity contribution is 6.30. The second-order valence-electron chi connectivity index (χ2n) is 6.25. The molecule has 1 heterocycles. The van der Waals surface area contributed by atoms with Crippen molar-refractivity contribution in [3.05, 3.63) is 58.1 Å². The highest BCUT2D eigenvalue weighted by atomic mass is 35.5. The van der Waals surface area contributed by atoms with Crippen LogP contribution in [-0.4, -0.2) is 30.2 Å². The molecule has 6 nitrogen and oxygen atoms in total. The van der Waals surface area contributed by atoms with E-state index in [0.29, 0.717) is 0 Å². The molecule has 29 heavy (non-hydrogen) atoms. The van der Waals surface area contributed by atoms with E-state index in [1.165, 1.54) is 30.3 Å². The summed E-state index contributed by atoms with van der Waals surface area (Å²) in [5.74, 6) is -2.52. The summed E-state index contributed by atoms with van der Waals surface area (Å²) >= 11 is 6.04. The number of fused-ring (bicyclic) bond motifs is 1. The highest BCUT2D eigenvalue weighted by Gasteiger charge is 2.39. The minimum atomic E-state index is -4.70. The van der Waals surface area contributed by atoms with Gasteiger partial charge in [0.05, 0.1) is 19.1 Å². The van der Waals surface area contributed by atoms with E-state index in [1.807, 2.05) is 0 Å². The average molecular weight is 430 g/mol. The zero-order valence-electron chi connectivity index (χ0n) is 14.9. The fraction of sp³-hybridized carbons (Fsp3) is 0.263. The predicted octanol–water partition coefficient (Wildman–Crippen LogP) is 4.27. The molecule has 0 radical (unpaired) electrons. The summed E-state index contributed by atoms with van der Waals surface area (Å²) in [7, 11) is 1.09. The van der Waals surface area contributed by atoms with Crippen molar-refractivity contribution in [3.8, 4) is 5.75 Å². The Morgan fingerprint density at radius 1 is 1.28 bits per heavy atom. The molecule has 1 amide bonds. The highest BCUT2D eigenvalue weighted by Crippen LogP contribution is 2.45. The van der Waals surface area contributed by atoms with Crippen LogP contribution >= 0.6 is 11.6 Å². The first kappa shape index (κ1) is 20.9. The third-order valence-electron chi connectivity index (χ3n) is 4.34. The van der Waals surface area contributed by atoms with Crippen molar-refractivity contribution in [2.45, 2.75) is 24.8 Å². The summed E-state index contributed by atoms with van der Waals surface area (Å²) in [5.41, 5.74) is -0.520. The van der Waals surface area contributed by atoms with Crippen molar-refractivity contribution in [2.75, 3.05) is 12.4 Å². The van der Waals surface area contributed by atoms with E-state index in [-0.39, 0.29) is 21.8 Å². The maximum atomic E-state index is 13.4. The lowest BCUT2D eigenvalue weighted by atomic mass is 9.96. The molecule has 2 aromatic carbocycles. The standard InChI is InChI=1S/C19H15ClF3NO5/c1-28-17-10(3-2-4-12(17)19(21,22)23)16-11-7-9(20)5-6-13(11)24-18(27)14(29-16)8-15(25)26/h2-7,14,16H,8H2,1H3,(H,24,27)(H,25,26). The summed E-state index contributed by atoms with van der Waals surface area (Å²) in [6.45, 7) is 0. The van der Waals surface area contributed by atoms with E-state index < -0.39 is 48.0 Å². The van der Waals surface area contributed by atoms with Crippen molar-refractivity contribution in [2.24, 2.45) is 0 Å². The molecule has 2 aromatic rings. The molecule has 0 saturated carbocycles. The minimum absolute atomic E-state index is 0.0160. The number of para-hydroxylation sites is 1. The minimum Gasteiger partial charge on any atom is -0.496 e. The summed E-state index contributed by atoms with van der Waals surface area (Å²) in [4.78, 5) is 23.6. The van der Waals surface area contributed by atoms with Gasteiger partial charge in [0.2, 0.25) is 0 Å². The number of hydrogen-bond donors (Lipinski definition) is 2. The number of carboxylic acid groups (broad SMARTS) is 1. The first-order valence-electron chi connectivity index (χ1n) is 8.33. The third-order valence-corrected chi connectivity index (χ3v) is 4.58. The van der Waals surface area contributed by atoms with Crippen LogP contribution in [0.5, 0.6) is 5.75 Å². The smallest absolute Gasteiger partial charge is 0.419 e. The number of carboxylic acids is 1. The molecule has 2 N–H and O–H groups in total. The Kier molecular flexibility index (Phi) is 5.72. The maximum absolute atomic E-state index is 13.4. The largest absolute Gasteiger partial charge is 0.496 e. The summed E-state index contributed by atoms with van der Waals surface area (Å²) in [5, 5.41) is 11.9. The lowest BCUT2D eigenvalue weighted by Crippen LogP contribution is -2.31. The number of anilines is 1. The SMILES string of the molecule is COc1c(C2OC(CC(=O)O)C(=O)Nc3ccc(Cl)cc32)cccc1C(F)(F)F. The van der Waals surface area contributed by atoms with Gasteiger partial charge in [-0.2, -0.15) is 13.2 Å². The molecular weight excluding hydrogens is 415 g/mol. The molecular formula is C19H15ClF3NO5. The fourth-order valence-corrected chi connectivity index (χ4v) is 3.31. The number of aliphatic carboxylic acids is 1. The number of hydrogen-bond acceptors (Lipinski definition) is 4. The molecule has 1 aliphatic heterocycles. The average Bonchev–Trinajstić information content (AvgIpc) is 2.77. The van der Waals surface area contributed by atoms with Gasteiger partial charge < -0.3 is 19.9 Å². The number of amides is 1. The Morgan fingerprint density at radius 2 is 2.00 bits per heavy atom. The molecule has 2 atom stereocenters. The zero-order valence-corrected chi connectivity index (χ0v) is 15.7. The van der Waals surface area contributed by atoms with Gasteiger partial charge in [0, 0.05) is 21.8 Å². The van der Waals surface area contributed by atoms with Crippen LogP contribution in [-0.2, 0) is 20.5 Å². The summed E-state index contributed by atoms with van der Waals surface area (Å²) in [6.07, 6.45) is -8.05. The fourth-order valence-electron chi connectivity index (χ4n) is 3.13. The van der Waals surface area contributed by atoms with Gasteiger partial charge in [0.25, 0.3) is 5.91 Å². The number of carbonyl (C=O) groups is 2. The number of methoxy groups -OCH3 is 1. The number of benzene rings is 2. The van der Waals surface area contributed by atoms with Crippen LogP contribution in [0.15, 0.2) is 36.4 Å². The van der Waals surface area contributed by atoms with Crippen LogP contribution in [0.4, 0.5) is 18.9 Å². The van der Waals surface area contributed by atoms with E-state index >= 15 is 0 Å². The Balaban J connectivity index is 2.21. The first-order chi connectivity index (χ1) is 13.6. The van der Waals surface area contributed by atoms with Gasteiger partial charge in [-0.15, -0.1) is 0 Å².